The van der Waals surface area contributed by atoms with Gasteiger partial charge in [-0.15, -0.1) is 0 Å². The Labute approximate surface area is 224 Å². The highest BCUT2D eigenvalue weighted by molar-refractivity contribution is 6.08. The molecule has 1 aliphatic heterocycles. The van der Waals surface area contributed by atoms with E-state index in [1.165, 1.54) is 7.11 Å². The zero-order valence-corrected chi connectivity index (χ0v) is 23.6. The topological polar surface area (TPSA) is 96.4 Å². The molecule has 0 bridgehead atoms. The number of pyridine rings is 1. The molecule has 1 atom stereocenters. The van der Waals surface area contributed by atoms with E-state index >= 15 is 0 Å². The summed E-state index contributed by atoms with van der Waals surface area (Å²) in [5.41, 5.74) is 2.94. The van der Waals surface area contributed by atoms with Crippen molar-refractivity contribution in [1.82, 2.24) is 19.8 Å². The van der Waals surface area contributed by atoms with Gasteiger partial charge < -0.3 is 19.6 Å². The van der Waals surface area contributed by atoms with Crippen molar-refractivity contribution < 1.29 is 14.3 Å². The monoisotopic (exact) mass is 520 g/mol. The molecule has 1 saturated heterocycles. The maximum atomic E-state index is 13.5. The van der Waals surface area contributed by atoms with E-state index in [4.69, 9.17) is 4.74 Å². The van der Waals surface area contributed by atoms with Crippen molar-refractivity contribution >= 4 is 22.6 Å². The fourth-order valence-corrected chi connectivity index (χ4v) is 5.87. The number of nitrogens with zero attached hydrogens (tertiary/aromatic N) is 2. The van der Waals surface area contributed by atoms with Crippen molar-refractivity contribution in [3.63, 3.8) is 0 Å². The second-order valence-electron chi connectivity index (χ2n) is 11.0. The molecule has 0 spiro atoms. The molecule has 1 amide bonds. The number of aromatic nitrogens is 2. The number of ether oxygens (including phenoxy) is 1. The summed E-state index contributed by atoms with van der Waals surface area (Å²) in [6, 6.07) is 9.94. The first kappa shape index (κ1) is 27.6. The maximum absolute atomic E-state index is 13.5. The van der Waals surface area contributed by atoms with Crippen molar-refractivity contribution in [2.24, 2.45) is 5.92 Å². The zero-order valence-electron chi connectivity index (χ0n) is 23.6. The Hall–Kier alpha value is -3.39. The molecule has 2 aromatic heterocycles. The molecule has 8 heteroatoms. The van der Waals surface area contributed by atoms with Crippen LogP contribution in [0.2, 0.25) is 0 Å². The van der Waals surface area contributed by atoms with Gasteiger partial charge in [0.15, 0.2) is 0 Å². The van der Waals surface area contributed by atoms with Crippen LogP contribution in [0, 0.1) is 19.8 Å². The lowest BCUT2D eigenvalue weighted by molar-refractivity contribution is -0.128. The van der Waals surface area contributed by atoms with Crippen molar-refractivity contribution in [2.75, 3.05) is 20.2 Å². The summed E-state index contributed by atoms with van der Waals surface area (Å²) >= 11 is 0. The number of benzene rings is 1. The number of rotatable bonds is 8. The van der Waals surface area contributed by atoms with Gasteiger partial charge in [0.05, 0.1) is 30.3 Å². The van der Waals surface area contributed by atoms with E-state index in [-0.39, 0.29) is 29.8 Å². The molecule has 8 nitrogen and oxygen atoms in total. The number of methoxy groups -OCH3 is 1. The number of Topliss-reactive ketones (excluding diaryl/α,β-unsaturated/α-hetero) is 1. The zero-order chi connectivity index (χ0) is 27.8. The number of aryl methyl sites for hydroxylation is 1. The van der Waals surface area contributed by atoms with Crippen LogP contribution < -0.4 is 15.6 Å². The highest BCUT2D eigenvalue weighted by Gasteiger charge is 2.36. The first-order valence-electron chi connectivity index (χ1n) is 13.4. The number of piperidine rings is 1. The Kier molecular flexibility index (Phi) is 7.83. The lowest BCUT2D eigenvalue weighted by Gasteiger charge is -2.43. The number of carbonyl (C=O) groups excluding carboxylic acids is 2. The predicted octanol–water partition coefficient (Wildman–Crippen LogP) is 4.53. The molecule has 2 N–H and O–H groups in total. The van der Waals surface area contributed by atoms with Crippen LogP contribution in [0.5, 0.6) is 5.75 Å². The summed E-state index contributed by atoms with van der Waals surface area (Å²) in [5, 5.41) is 3.85. The van der Waals surface area contributed by atoms with E-state index in [1.54, 1.807) is 19.9 Å². The number of ketones is 1. The van der Waals surface area contributed by atoms with E-state index in [0.717, 1.165) is 42.5 Å². The van der Waals surface area contributed by atoms with Gasteiger partial charge in [-0.1, -0.05) is 18.2 Å². The fraction of sp³-hybridized carbons (Fsp3) is 0.500. The van der Waals surface area contributed by atoms with Gasteiger partial charge in [0.2, 0.25) is 0 Å². The van der Waals surface area contributed by atoms with Crippen LogP contribution in [0.15, 0.2) is 35.1 Å². The summed E-state index contributed by atoms with van der Waals surface area (Å²) in [7, 11) is 1.52. The summed E-state index contributed by atoms with van der Waals surface area (Å²) < 4.78 is 7.68. The Bertz CT molecular complexity index is 1410. The highest BCUT2D eigenvalue weighted by atomic mass is 16.5. The lowest BCUT2D eigenvalue weighted by Crippen LogP contribution is -2.52. The van der Waals surface area contributed by atoms with Crippen LogP contribution in [0.4, 0.5) is 0 Å². The van der Waals surface area contributed by atoms with Crippen molar-refractivity contribution in [1.29, 1.82) is 0 Å². The number of H-pyrrole nitrogens is 1. The third kappa shape index (κ3) is 5.01. The third-order valence-corrected chi connectivity index (χ3v) is 8.54. The number of para-hydroxylation sites is 1. The molecule has 1 fully saturated rings. The molecule has 38 heavy (non-hydrogen) atoms. The first-order chi connectivity index (χ1) is 18.0. The minimum Gasteiger partial charge on any atom is -0.496 e. The third-order valence-electron chi connectivity index (χ3n) is 8.54. The van der Waals surface area contributed by atoms with E-state index in [0.29, 0.717) is 28.5 Å². The number of fused-ring (bicyclic) bond motifs is 1. The van der Waals surface area contributed by atoms with Gasteiger partial charge in [-0.25, -0.2) is 0 Å². The number of likely N-dealkylation sites (tertiary alicyclic amines) is 1. The van der Waals surface area contributed by atoms with Gasteiger partial charge in [0.25, 0.3) is 11.5 Å². The SMILES string of the molecule is COc1cc(C)[nH]c(=O)c1CNC(=O)c1c(C)n([C@H](C)C2CCN(C(C)(C)C(C)=O)CC2)c2ccccc12. The van der Waals surface area contributed by atoms with Gasteiger partial charge >= 0.3 is 0 Å². The van der Waals surface area contributed by atoms with E-state index in [2.05, 4.69) is 32.8 Å². The largest absolute Gasteiger partial charge is 0.496 e. The molecule has 204 valence electrons. The Morgan fingerprint density at radius 3 is 2.47 bits per heavy atom. The number of nitrogens with one attached hydrogen (secondary N) is 2. The molecule has 0 unspecified atom stereocenters. The molecule has 0 radical (unpaired) electrons. The molecule has 3 heterocycles. The van der Waals surface area contributed by atoms with Crippen LogP contribution >= 0.6 is 0 Å². The standard InChI is InChI=1S/C30H40N4O4/c1-18-16-26(38-7)24(28(36)32-18)17-31-29(37)27-20(3)34(25-11-9-8-10-23(25)27)19(2)22-12-14-33(15-13-22)30(5,6)21(4)35/h8-11,16,19,22H,12-15,17H2,1-7H3,(H,31,37)(H,32,36)/t19-/m1/s1. The van der Waals surface area contributed by atoms with Gasteiger partial charge in [-0.2, -0.15) is 0 Å². The van der Waals surface area contributed by atoms with Gasteiger partial charge in [0, 0.05) is 28.3 Å². The number of hydrogen-bond acceptors (Lipinski definition) is 5. The second-order valence-corrected chi connectivity index (χ2v) is 11.0. The highest BCUT2D eigenvalue weighted by Crippen LogP contribution is 2.37. The van der Waals surface area contributed by atoms with Crippen molar-refractivity contribution in [3.05, 3.63) is 63.2 Å². The minimum absolute atomic E-state index is 0.0660. The Morgan fingerprint density at radius 2 is 1.84 bits per heavy atom. The minimum atomic E-state index is -0.447. The van der Waals surface area contributed by atoms with Crippen LogP contribution in [0.25, 0.3) is 10.9 Å². The van der Waals surface area contributed by atoms with Gasteiger partial charge in [0.1, 0.15) is 11.5 Å². The molecule has 1 aromatic carbocycles. The van der Waals surface area contributed by atoms with Crippen molar-refractivity contribution in [3.8, 4) is 5.75 Å². The molecule has 0 aliphatic carbocycles. The smallest absolute Gasteiger partial charge is 0.256 e. The first-order valence-corrected chi connectivity index (χ1v) is 13.4. The van der Waals surface area contributed by atoms with Crippen molar-refractivity contribution in [2.45, 2.75) is 72.5 Å². The second kappa shape index (κ2) is 10.8. The summed E-state index contributed by atoms with van der Waals surface area (Å²) in [6.07, 6.45) is 1.97. The average molecular weight is 521 g/mol. The molecule has 3 aromatic rings. The van der Waals surface area contributed by atoms with Crippen LogP contribution in [-0.4, -0.2) is 51.9 Å². The summed E-state index contributed by atoms with van der Waals surface area (Å²) in [4.78, 5) is 43.3. The van der Waals surface area contributed by atoms with Crippen LogP contribution in [-0.2, 0) is 11.3 Å². The lowest BCUT2D eigenvalue weighted by atomic mass is 9.86. The normalized spacial score (nSPS) is 16.0. The summed E-state index contributed by atoms with van der Waals surface area (Å²) in [5.74, 6) is 0.857. The summed E-state index contributed by atoms with van der Waals surface area (Å²) in [6.45, 7) is 13.5. The number of amides is 1. The van der Waals surface area contributed by atoms with Crippen LogP contribution in [0.1, 0.15) is 73.9 Å². The molecule has 0 saturated carbocycles. The number of hydrogen-bond donors (Lipinski definition) is 2. The number of aromatic amines is 1. The molecular formula is C30H40N4O4. The van der Waals surface area contributed by atoms with E-state index in [9.17, 15) is 14.4 Å². The Balaban J connectivity index is 1.59. The predicted molar refractivity (Wildman–Crippen MR) is 150 cm³/mol. The van der Waals surface area contributed by atoms with Gasteiger partial charge in [-0.3, -0.25) is 19.3 Å². The quantitative estimate of drug-likeness (QED) is 0.455. The average Bonchev–Trinajstić information content (AvgIpc) is 3.18. The van der Waals surface area contributed by atoms with Gasteiger partial charge in [-0.05, 0) is 85.5 Å². The van der Waals surface area contributed by atoms with E-state index in [1.807, 2.05) is 39.0 Å². The van der Waals surface area contributed by atoms with E-state index < -0.39 is 5.54 Å². The molecule has 4 rings (SSSR count). The number of carbonyl (C=O) groups is 2. The van der Waals surface area contributed by atoms with Crippen LogP contribution in [0.3, 0.4) is 0 Å². The molecule has 1 aliphatic rings. The molecular weight excluding hydrogens is 480 g/mol. The fourth-order valence-electron chi connectivity index (χ4n) is 5.87. The maximum Gasteiger partial charge on any atom is 0.256 e. The Morgan fingerprint density at radius 1 is 1.18 bits per heavy atom.